The first kappa shape index (κ1) is 33.2. The van der Waals surface area contributed by atoms with Gasteiger partial charge in [-0.05, 0) is 103 Å². The van der Waals surface area contributed by atoms with Gasteiger partial charge in [0.25, 0.3) is 0 Å². The van der Waals surface area contributed by atoms with Crippen molar-refractivity contribution in [3.8, 4) is 44.5 Å². The molecule has 2 aliphatic rings. The summed E-state index contributed by atoms with van der Waals surface area (Å²) in [6.07, 6.45) is 0. The zero-order chi connectivity index (χ0) is 36.7. The topological polar surface area (TPSA) is 3.24 Å². The second kappa shape index (κ2) is 11.9. The standard InChI is InChI=1S/C52H47N/c1-50(2,3)36-26-24-35(25-27-36)40-20-15-22-45-49(40)43-31-29-38(33-47(43)52(45,6)7)53(48-23-14-12-18-39(48)34-16-9-8-10-17-34)37-28-30-42-41-19-11-13-21-44(41)51(4,5)46(42)32-37/h8-33H,1-7H3. The number of nitrogens with zero attached hydrogens (tertiary/aromatic N) is 1. The van der Waals surface area contributed by atoms with Crippen molar-refractivity contribution in [3.63, 3.8) is 0 Å². The predicted molar refractivity (Wildman–Crippen MR) is 226 cm³/mol. The molecule has 0 bridgehead atoms. The van der Waals surface area contributed by atoms with Crippen LogP contribution in [0.4, 0.5) is 17.1 Å². The van der Waals surface area contributed by atoms with Gasteiger partial charge in [-0.2, -0.15) is 0 Å². The highest BCUT2D eigenvalue weighted by atomic mass is 15.1. The van der Waals surface area contributed by atoms with Gasteiger partial charge in [0.15, 0.2) is 0 Å². The number of anilines is 3. The quantitative estimate of drug-likeness (QED) is 0.174. The van der Waals surface area contributed by atoms with Crippen LogP contribution in [0.1, 0.15) is 76.3 Å². The lowest BCUT2D eigenvalue weighted by molar-refractivity contribution is 0.590. The van der Waals surface area contributed by atoms with Crippen molar-refractivity contribution in [2.45, 2.75) is 64.7 Å². The van der Waals surface area contributed by atoms with E-state index in [2.05, 4.69) is 211 Å². The third kappa shape index (κ3) is 5.20. The predicted octanol–water partition coefficient (Wildman–Crippen LogP) is 14.4. The van der Waals surface area contributed by atoms with E-state index in [0.29, 0.717) is 0 Å². The summed E-state index contributed by atoms with van der Waals surface area (Å²) >= 11 is 0. The van der Waals surface area contributed by atoms with Gasteiger partial charge in [0.2, 0.25) is 0 Å². The van der Waals surface area contributed by atoms with Crippen LogP contribution in [0.3, 0.4) is 0 Å². The average molecular weight is 686 g/mol. The summed E-state index contributed by atoms with van der Waals surface area (Å²) < 4.78 is 0. The Morgan fingerprint density at radius 3 is 1.60 bits per heavy atom. The van der Waals surface area contributed by atoms with Crippen molar-refractivity contribution in [2.24, 2.45) is 0 Å². The van der Waals surface area contributed by atoms with Gasteiger partial charge in [-0.3, -0.25) is 0 Å². The van der Waals surface area contributed by atoms with Crippen LogP contribution in [-0.4, -0.2) is 0 Å². The molecule has 0 aromatic heterocycles. The molecule has 7 aromatic rings. The van der Waals surface area contributed by atoms with Gasteiger partial charge in [-0.25, -0.2) is 0 Å². The van der Waals surface area contributed by atoms with Crippen LogP contribution in [0.15, 0.2) is 158 Å². The molecule has 53 heavy (non-hydrogen) atoms. The second-order valence-corrected chi connectivity index (χ2v) is 17.0. The van der Waals surface area contributed by atoms with E-state index < -0.39 is 0 Å². The van der Waals surface area contributed by atoms with Crippen LogP contribution < -0.4 is 4.90 Å². The summed E-state index contributed by atoms with van der Waals surface area (Å²) in [7, 11) is 0. The maximum absolute atomic E-state index is 2.49. The molecular formula is C52H47N. The molecule has 0 heterocycles. The maximum Gasteiger partial charge on any atom is 0.0540 e. The summed E-state index contributed by atoms with van der Waals surface area (Å²) in [5.41, 5.74) is 20.5. The van der Waals surface area contributed by atoms with E-state index in [1.54, 1.807) is 0 Å². The average Bonchev–Trinajstić information content (AvgIpc) is 3.54. The first-order valence-corrected chi connectivity index (χ1v) is 19.0. The van der Waals surface area contributed by atoms with Crippen molar-refractivity contribution in [2.75, 3.05) is 4.90 Å². The van der Waals surface area contributed by atoms with Gasteiger partial charge in [-0.1, -0.05) is 176 Å². The number of hydrogen-bond donors (Lipinski definition) is 0. The molecule has 0 amide bonds. The van der Waals surface area contributed by atoms with E-state index in [1.165, 1.54) is 83.7 Å². The third-order valence-electron chi connectivity index (χ3n) is 12.1. The van der Waals surface area contributed by atoms with E-state index in [1.807, 2.05) is 0 Å². The van der Waals surface area contributed by atoms with Gasteiger partial charge >= 0.3 is 0 Å². The zero-order valence-electron chi connectivity index (χ0n) is 32.0. The molecule has 2 aliphatic carbocycles. The molecule has 0 spiro atoms. The molecule has 260 valence electrons. The Morgan fingerprint density at radius 1 is 0.396 bits per heavy atom. The molecule has 7 aromatic carbocycles. The Kier molecular flexibility index (Phi) is 7.48. The number of benzene rings is 7. The van der Waals surface area contributed by atoms with Crippen LogP contribution in [0.5, 0.6) is 0 Å². The minimum Gasteiger partial charge on any atom is -0.310 e. The molecule has 0 fully saturated rings. The second-order valence-electron chi connectivity index (χ2n) is 17.0. The fourth-order valence-corrected chi connectivity index (χ4v) is 9.09. The lowest BCUT2D eigenvalue weighted by atomic mass is 9.81. The number of para-hydroxylation sites is 1. The molecule has 0 aliphatic heterocycles. The molecule has 9 rings (SSSR count). The van der Waals surface area contributed by atoms with Crippen molar-refractivity contribution in [1.29, 1.82) is 0 Å². The van der Waals surface area contributed by atoms with E-state index in [-0.39, 0.29) is 16.2 Å². The molecule has 0 unspecified atom stereocenters. The number of rotatable bonds is 5. The van der Waals surface area contributed by atoms with Crippen molar-refractivity contribution in [1.82, 2.24) is 0 Å². The minimum absolute atomic E-state index is 0.102. The number of fused-ring (bicyclic) bond motifs is 6. The first-order chi connectivity index (χ1) is 25.4. The van der Waals surface area contributed by atoms with E-state index in [9.17, 15) is 0 Å². The zero-order valence-corrected chi connectivity index (χ0v) is 32.0. The van der Waals surface area contributed by atoms with E-state index in [0.717, 1.165) is 5.69 Å². The Balaban J connectivity index is 1.23. The minimum atomic E-state index is -0.172. The SMILES string of the molecule is CC(C)(C)c1ccc(-c2cccc3c2-c2ccc(N(c4ccc5c(c4)C(C)(C)c4ccccc4-5)c4ccccc4-c4ccccc4)cc2C3(C)C)cc1. The van der Waals surface area contributed by atoms with E-state index in [4.69, 9.17) is 0 Å². The largest absolute Gasteiger partial charge is 0.310 e. The Morgan fingerprint density at radius 2 is 0.906 bits per heavy atom. The molecule has 1 heteroatoms. The summed E-state index contributed by atoms with van der Waals surface area (Å²) in [6, 6.07) is 59.0. The molecule has 0 N–H and O–H groups in total. The fourth-order valence-electron chi connectivity index (χ4n) is 9.09. The molecule has 0 saturated heterocycles. The van der Waals surface area contributed by atoms with Crippen molar-refractivity contribution >= 4 is 17.1 Å². The van der Waals surface area contributed by atoms with Crippen LogP contribution >= 0.6 is 0 Å². The highest BCUT2D eigenvalue weighted by Crippen LogP contribution is 2.55. The summed E-state index contributed by atoms with van der Waals surface area (Å²) in [5.74, 6) is 0. The van der Waals surface area contributed by atoms with Crippen molar-refractivity contribution in [3.05, 3.63) is 186 Å². The Bertz CT molecular complexity index is 2530. The van der Waals surface area contributed by atoms with Crippen LogP contribution in [0, 0.1) is 0 Å². The summed E-state index contributed by atoms with van der Waals surface area (Å²) in [5, 5.41) is 0. The Labute approximate surface area is 315 Å². The molecule has 0 atom stereocenters. The molecule has 0 saturated carbocycles. The fraction of sp³-hybridized carbons (Fsp3) is 0.192. The molecule has 0 radical (unpaired) electrons. The smallest absolute Gasteiger partial charge is 0.0540 e. The first-order valence-electron chi connectivity index (χ1n) is 19.0. The molecular weight excluding hydrogens is 639 g/mol. The monoisotopic (exact) mass is 685 g/mol. The number of hydrogen-bond acceptors (Lipinski definition) is 1. The van der Waals surface area contributed by atoms with Crippen molar-refractivity contribution < 1.29 is 0 Å². The lowest BCUT2D eigenvalue weighted by Crippen LogP contribution is -2.18. The summed E-state index contributed by atoms with van der Waals surface area (Å²) in [4.78, 5) is 2.49. The summed E-state index contributed by atoms with van der Waals surface area (Å²) in [6.45, 7) is 16.4. The van der Waals surface area contributed by atoms with Gasteiger partial charge in [0.1, 0.15) is 0 Å². The Hall–Kier alpha value is -5.66. The van der Waals surface area contributed by atoms with Crippen LogP contribution in [0.2, 0.25) is 0 Å². The molecule has 1 nitrogen and oxygen atoms in total. The van der Waals surface area contributed by atoms with Gasteiger partial charge in [0, 0.05) is 27.8 Å². The maximum atomic E-state index is 2.49. The van der Waals surface area contributed by atoms with Gasteiger partial charge in [0.05, 0.1) is 5.69 Å². The third-order valence-corrected chi connectivity index (χ3v) is 12.1. The normalized spacial score (nSPS) is 14.6. The van der Waals surface area contributed by atoms with Gasteiger partial charge < -0.3 is 4.90 Å². The van der Waals surface area contributed by atoms with Crippen LogP contribution in [-0.2, 0) is 16.2 Å². The van der Waals surface area contributed by atoms with Crippen LogP contribution in [0.25, 0.3) is 44.5 Å². The lowest BCUT2D eigenvalue weighted by Gasteiger charge is -2.31. The highest BCUT2D eigenvalue weighted by molar-refractivity contribution is 5.96. The van der Waals surface area contributed by atoms with E-state index >= 15 is 0 Å². The van der Waals surface area contributed by atoms with Gasteiger partial charge in [-0.15, -0.1) is 0 Å². The highest BCUT2D eigenvalue weighted by Gasteiger charge is 2.39.